The van der Waals surface area contributed by atoms with Crippen LogP contribution in [0, 0.1) is 0 Å². The van der Waals surface area contributed by atoms with E-state index in [1.165, 1.54) is 6.33 Å². The summed E-state index contributed by atoms with van der Waals surface area (Å²) in [4.78, 5) is 23.2. The summed E-state index contributed by atoms with van der Waals surface area (Å²) in [6, 6.07) is 18.4. The van der Waals surface area contributed by atoms with Gasteiger partial charge in [-0.2, -0.15) is 0 Å². The summed E-state index contributed by atoms with van der Waals surface area (Å²) in [6.07, 6.45) is 1.41. The van der Waals surface area contributed by atoms with Gasteiger partial charge in [-0.25, -0.2) is 9.97 Å². The number of para-hydroxylation sites is 3. The van der Waals surface area contributed by atoms with Crippen molar-refractivity contribution in [3.8, 4) is 11.5 Å². The second-order valence-electron chi connectivity index (χ2n) is 6.23. The molecule has 0 aliphatic carbocycles. The van der Waals surface area contributed by atoms with E-state index >= 15 is 0 Å². The maximum absolute atomic E-state index is 12.8. The zero-order valence-electron chi connectivity index (χ0n) is 15.2. The first kappa shape index (κ1) is 17.9. The molecule has 0 bridgehead atoms. The summed E-state index contributed by atoms with van der Waals surface area (Å²) < 4.78 is 11.3. The second-order valence-corrected chi connectivity index (χ2v) is 6.23. The Labute approximate surface area is 163 Å². The molecule has 7 heteroatoms. The second kappa shape index (κ2) is 8.49. The fourth-order valence-corrected chi connectivity index (χ4v) is 2.90. The normalized spacial score (nSPS) is 13.8. The summed E-state index contributed by atoms with van der Waals surface area (Å²) in [5.41, 5.74) is 0.869. The predicted octanol–water partition coefficient (Wildman–Crippen LogP) is 3.36. The molecule has 0 unspecified atom stereocenters. The molecular weight excluding hydrogens is 356 g/mol. The molecule has 1 aliphatic heterocycles. The van der Waals surface area contributed by atoms with Gasteiger partial charge in [-0.3, -0.25) is 4.79 Å². The van der Waals surface area contributed by atoms with Crippen LogP contribution in [0.2, 0.25) is 0 Å². The average molecular weight is 376 g/mol. The molecule has 0 radical (unpaired) electrons. The van der Waals surface area contributed by atoms with Crippen LogP contribution in [-0.4, -0.2) is 42.2 Å². The standard InChI is InChI=1S/C21H20N4O3/c26-21(18-14-20(23-15-22-18)25-10-12-27-13-11-25)24-17-8-4-5-9-19(17)28-16-6-2-1-3-7-16/h1-9,14-15H,10-13H2,(H,24,26). The van der Waals surface area contributed by atoms with E-state index in [-0.39, 0.29) is 5.91 Å². The van der Waals surface area contributed by atoms with Gasteiger partial charge in [0.2, 0.25) is 0 Å². The Morgan fingerprint density at radius 1 is 1.00 bits per heavy atom. The topological polar surface area (TPSA) is 76.6 Å². The van der Waals surface area contributed by atoms with E-state index in [9.17, 15) is 4.79 Å². The zero-order chi connectivity index (χ0) is 19.2. The van der Waals surface area contributed by atoms with E-state index in [4.69, 9.17) is 9.47 Å². The van der Waals surface area contributed by atoms with E-state index < -0.39 is 0 Å². The molecule has 1 N–H and O–H groups in total. The van der Waals surface area contributed by atoms with E-state index in [0.717, 1.165) is 18.9 Å². The molecule has 7 nitrogen and oxygen atoms in total. The summed E-state index contributed by atoms with van der Waals surface area (Å²) >= 11 is 0. The molecule has 28 heavy (non-hydrogen) atoms. The fourth-order valence-electron chi connectivity index (χ4n) is 2.90. The van der Waals surface area contributed by atoms with Crippen molar-refractivity contribution in [3.63, 3.8) is 0 Å². The minimum Gasteiger partial charge on any atom is -0.455 e. The number of rotatable bonds is 5. The van der Waals surface area contributed by atoms with E-state index in [0.29, 0.717) is 36.1 Å². The van der Waals surface area contributed by atoms with Crippen molar-refractivity contribution < 1.29 is 14.3 Å². The lowest BCUT2D eigenvalue weighted by Gasteiger charge is -2.27. The minimum absolute atomic E-state index is 0.297. The van der Waals surface area contributed by atoms with Gasteiger partial charge < -0.3 is 19.7 Å². The Kier molecular flexibility index (Phi) is 5.44. The van der Waals surface area contributed by atoms with Crippen LogP contribution in [0.25, 0.3) is 0 Å². The summed E-state index contributed by atoms with van der Waals surface area (Å²) in [6.45, 7) is 2.78. The number of amides is 1. The number of aromatic nitrogens is 2. The molecule has 2 heterocycles. The highest BCUT2D eigenvalue weighted by atomic mass is 16.5. The number of morpholine rings is 1. The first-order chi connectivity index (χ1) is 13.8. The summed E-state index contributed by atoms with van der Waals surface area (Å²) in [5, 5.41) is 2.88. The molecule has 3 aromatic rings. The number of carbonyl (C=O) groups is 1. The van der Waals surface area contributed by atoms with Crippen LogP contribution in [-0.2, 0) is 4.74 Å². The molecule has 0 atom stereocenters. The van der Waals surface area contributed by atoms with Gasteiger partial charge in [0.1, 0.15) is 23.6 Å². The van der Waals surface area contributed by atoms with E-state index in [2.05, 4.69) is 20.2 Å². The van der Waals surface area contributed by atoms with Gasteiger partial charge in [-0.1, -0.05) is 30.3 Å². The van der Waals surface area contributed by atoms with Crippen LogP contribution in [0.4, 0.5) is 11.5 Å². The van der Waals surface area contributed by atoms with Gasteiger partial charge in [-0.05, 0) is 24.3 Å². The highest BCUT2D eigenvalue weighted by Gasteiger charge is 2.16. The Hall–Kier alpha value is -3.45. The third kappa shape index (κ3) is 4.27. The zero-order valence-corrected chi connectivity index (χ0v) is 15.2. The summed E-state index contributed by atoms with van der Waals surface area (Å²) in [5.74, 6) is 1.66. The molecule has 1 amide bonds. The quantitative estimate of drug-likeness (QED) is 0.736. The highest BCUT2D eigenvalue weighted by Crippen LogP contribution is 2.29. The Bertz CT molecular complexity index is 943. The number of hydrogen-bond acceptors (Lipinski definition) is 6. The van der Waals surface area contributed by atoms with Crippen LogP contribution in [0.3, 0.4) is 0 Å². The van der Waals surface area contributed by atoms with Crippen molar-refractivity contribution in [3.05, 3.63) is 72.7 Å². The van der Waals surface area contributed by atoms with Crippen LogP contribution in [0.15, 0.2) is 67.0 Å². The number of anilines is 2. The minimum atomic E-state index is -0.318. The van der Waals surface area contributed by atoms with Gasteiger partial charge in [0.25, 0.3) is 5.91 Å². The molecule has 2 aromatic carbocycles. The number of ether oxygens (including phenoxy) is 2. The Morgan fingerprint density at radius 3 is 2.57 bits per heavy atom. The Morgan fingerprint density at radius 2 is 1.75 bits per heavy atom. The first-order valence-electron chi connectivity index (χ1n) is 9.07. The molecule has 142 valence electrons. The van der Waals surface area contributed by atoms with Crippen molar-refractivity contribution in [2.45, 2.75) is 0 Å². The predicted molar refractivity (Wildman–Crippen MR) is 106 cm³/mol. The number of nitrogens with one attached hydrogen (secondary N) is 1. The van der Waals surface area contributed by atoms with Crippen LogP contribution in [0.1, 0.15) is 10.5 Å². The number of hydrogen-bond donors (Lipinski definition) is 1. The molecule has 0 saturated carbocycles. The molecule has 1 fully saturated rings. The molecular formula is C21H20N4O3. The lowest BCUT2D eigenvalue weighted by atomic mass is 10.2. The van der Waals surface area contributed by atoms with Crippen molar-refractivity contribution in [1.82, 2.24) is 9.97 Å². The van der Waals surface area contributed by atoms with Crippen molar-refractivity contribution in [2.75, 3.05) is 36.5 Å². The van der Waals surface area contributed by atoms with Crippen LogP contribution >= 0.6 is 0 Å². The van der Waals surface area contributed by atoms with Gasteiger partial charge >= 0.3 is 0 Å². The fraction of sp³-hybridized carbons (Fsp3) is 0.190. The van der Waals surface area contributed by atoms with Crippen molar-refractivity contribution >= 4 is 17.4 Å². The first-order valence-corrected chi connectivity index (χ1v) is 9.07. The smallest absolute Gasteiger partial charge is 0.274 e. The largest absolute Gasteiger partial charge is 0.455 e. The maximum atomic E-state index is 12.8. The molecule has 0 spiro atoms. The maximum Gasteiger partial charge on any atom is 0.274 e. The highest BCUT2D eigenvalue weighted by molar-refractivity contribution is 6.04. The van der Waals surface area contributed by atoms with Gasteiger partial charge in [0, 0.05) is 19.2 Å². The van der Waals surface area contributed by atoms with Crippen LogP contribution in [0.5, 0.6) is 11.5 Å². The molecule has 1 aromatic heterocycles. The van der Waals surface area contributed by atoms with Crippen molar-refractivity contribution in [2.24, 2.45) is 0 Å². The van der Waals surface area contributed by atoms with Crippen LogP contribution < -0.4 is 15.0 Å². The van der Waals surface area contributed by atoms with Gasteiger partial charge in [0.15, 0.2) is 5.75 Å². The molecule has 1 saturated heterocycles. The van der Waals surface area contributed by atoms with E-state index in [1.807, 2.05) is 48.5 Å². The third-order valence-electron chi connectivity index (χ3n) is 4.33. The molecule has 4 rings (SSSR count). The monoisotopic (exact) mass is 376 g/mol. The average Bonchev–Trinajstić information content (AvgIpc) is 2.76. The lowest BCUT2D eigenvalue weighted by molar-refractivity contribution is 0.102. The number of benzene rings is 2. The number of nitrogens with zero attached hydrogens (tertiary/aromatic N) is 3. The lowest BCUT2D eigenvalue weighted by Crippen LogP contribution is -2.37. The van der Waals surface area contributed by atoms with Crippen molar-refractivity contribution in [1.29, 1.82) is 0 Å². The van der Waals surface area contributed by atoms with E-state index in [1.54, 1.807) is 12.1 Å². The molecule has 1 aliphatic rings. The van der Waals surface area contributed by atoms with Gasteiger partial charge in [-0.15, -0.1) is 0 Å². The SMILES string of the molecule is O=C(Nc1ccccc1Oc1ccccc1)c1cc(N2CCOCC2)ncn1. The van der Waals surface area contributed by atoms with Gasteiger partial charge in [0.05, 0.1) is 18.9 Å². The summed E-state index contributed by atoms with van der Waals surface area (Å²) in [7, 11) is 0. The number of carbonyl (C=O) groups excluding carboxylic acids is 1. The third-order valence-corrected chi connectivity index (χ3v) is 4.33. The Balaban J connectivity index is 1.51.